The van der Waals surface area contributed by atoms with Gasteiger partial charge in [0, 0.05) is 39.6 Å². The van der Waals surface area contributed by atoms with E-state index in [0.29, 0.717) is 5.56 Å². The molecule has 0 saturated carbocycles. The summed E-state index contributed by atoms with van der Waals surface area (Å²) < 4.78 is 25.7. The van der Waals surface area contributed by atoms with Crippen LogP contribution in [0.5, 0.6) is 0 Å². The predicted octanol–water partition coefficient (Wildman–Crippen LogP) is 1.04. The van der Waals surface area contributed by atoms with Crippen molar-refractivity contribution in [2.45, 2.75) is 44.2 Å². The Morgan fingerprint density at radius 3 is 2.42 bits per heavy atom. The third kappa shape index (κ3) is 6.64. The van der Waals surface area contributed by atoms with Gasteiger partial charge in [-0.25, -0.2) is 17.5 Å². The quantitative estimate of drug-likeness (QED) is 0.591. The predicted molar refractivity (Wildman–Crippen MR) is 100 cm³/mol. The molecule has 3 N–H and O–H groups in total. The van der Waals surface area contributed by atoms with Gasteiger partial charge in [-0.1, -0.05) is 25.1 Å². The van der Waals surface area contributed by atoms with E-state index in [9.17, 15) is 18.0 Å². The lowest BCUT2D eigenvalue weighted by Crippen LogP contribution is -2.39. The number of nitrogens with one attached hydrogen (secondary N) is 3. The summed E-state index contributed by atoms with van der Waals surface area (Å²) in [5.41, 5.74) is 0.492. The number of benzene rings is 1. The smallest absolute Gasteiger partial charge is 0.315 e. The molecule has 1 rings (SSSR count). The van der Waals surface area contributed by atoms with Crippen LogP contribution in [0.15, 0.2) is 29.2 Å². The average Bonchev–Trinajstić information content (AvgIpc) is 2.59. The molecule has 0 spiro atoms. The summed E-state index contributed by atoms with van der Waals surface area (Å²) in [6, 6.07) is 6.14. The maximum atomic E-state index is 12.3. The molecule has 0 fully saturated rings. The Balaban J connectivity index is 2.53. The minimum atomic E-state index is -3.59. The first kappa shape index (κ1) is 21.9. The summed E-state index contributed by atoms with van der Waals surface area (Å²) in [4.78, 5) is 23.6. The van der Waals surface area contributed by atoms with E-state index in [2.05, 4.69) is 16.0 Å². The molecule has 0 aromatic heterocycles. The van der Waals surface area contributed by atoms with E-state index in [1.807, 2.05) is 13.8 Å². The van der Waals surface area contributed by atoms with Crippen LogP contribution in [-0.2, 0) is 21.4 Å². The van der Waals surface area contributed by atoms with Crippen LogP contribution in [0, 0.1) is 0 Å². The summed E-state index contributed by atoms with van der Waals surface area (Å²) in [5.74, 6) is -0.123. The van der Waals surface area contributed by atoms with Crippen LogP contribution in [0.1, 0.15) is 32.3 Å². The number of urea groups is 1. The van der Waals surface area contributed by atoms with Crippen LogP contribution in [0.25, 0.3) is 0 Å². The number of hydrogen-bond acceptors (Lipinski definition) is 4. The molecule has 3 amide bonds. The number of amides is 3. The first-order chi connectivity index (χ1) is 12.2. The lowest BCUT2D eigenvalue weighted by molar-refractivity contribution is -0.121. The van der Waals surface area contributed by atoms with E-state index in [0.717, 1.165) is 10.7 Å². The Hall–Kier alpha value is -2.13. The fraction of sp³-hybridized carbons (Fsp3) is 0.529. The normalized spacial score (nSPS) is 12.5. The van der Waals surface area contributed by atoms with Crippen molar-refractivity contribution in [1.82, 2.24) is 20.3 Å². The van der Waals surface area contributed by atoms with Gasteiger partial charge in [-0.05, 0) is 25.0 Å². The van der Waals surface area contributed by atoms with Crippen LogP contribution >= 0.6 is 0 Å². The van der Waals surface area contributed by atoms with Crippen molar-refractivity contribution in [1.29, 1.82) is 0 Å². The molecule has 9 heteroatoms. The molecular weight excluding hydrogens is 356 g/mol. The largest absolute Gasteiger partial charge is 0.354 e. The van der Waals surface area contributed by atoms with Crippen molar-refractivity contribution in [3.8, 4) is 0 Å². The third-order valence-electron chi connectivity index (χ3n) is 3.83. The van der Waals surface area contributed by atoms with Crippen LogP contribution in [0.2, 0.25) is 0 Å². The minimum Gasteiger partial charge on any atom is -0.354 e. The number of carbonyl (C=O) groups is 2. The van der Waals surface area contributed by atoms with E-state index in [-0.39, 0.29) is 36.4 Å². The number of nitrogens with zero attached hydrogens (tertiary/aromatic N) is 1. The summed E-state index contributed by atoms with van der Waals surface area (Å²) in [6.07, 6.45) is 1.03. The lowest BCUT2D eigenvalue weighted by Gasteiger charge is -2.15. The molecule has 0 heterocycles. The molecule has 146 valence electrons. The molecule has 0 aliphatic heterocycles. The van der Waals surface area contributed by atoms with E-state index >= 15 is 0 Å². The Morgan fingerprint density at radius 2 is 1.81 bits per heavy atom. The zero-order valence-electron chi connectivity index (χ0n) is 15.7. The monoisotopic (exact) mass is 384 g/mol. The molecule has 1 aromatic rings. The maximum absolute atomic E-state index is 12.3. The Labute approximate surface area is 155 Å². The maximum Gasteiger partial charge on any atom is 0.315 e. The third-order valence-corrected chi connectivity index (χ3v) is 5.74. The highest BCUT2D eigenvalue weighted by Gasteiger charge is 2.20. The molecule has 0 aliphatic carbocycles. The van der Waals surface area contributed by atoms with E-state index in [1.54, 1.807) is 18.2 Å². The van der Waals surface area contributed by atoms with Crippen LogP contribution in [-0.4, -0.2) is 51.3 Å². The van der Waals surface area contributed by atoms with Crippen LogP contribution in [0.3, 0.4) is 0 Å². The number of rotatable bonds is 9. The standard InChI is InChI=1S/C17H28N4O4S/c1-5-13(2)20-16(22)10-11-18-17(23)19-12-14-8-6-7-9-15(14)26(24,25)21(3)4/h6-9,13H,5,10-12H2,1-4H3,(H,20,22)(H2,18,19,23). The lowest BCUT2D eigenvalue weighted by atomic mass is 10.2. The van der Waals surface area contributed by atoms with Crippen molar-refractivity contribution in [2.24, 2.45) is 0 Å². The van der Waals surface area contributed by atoms with E-state index < -0.39 is 16.1 Å². The second-order valence-electron chi connectivity index (χ2n) is 6.13. The Bertz CT molecular complexity index is 719. The Morgan fingerprint density at radius 1 is 1.15 bits per heavy atom. The first-order valence-electron chi connectivity index (χ1n) is 8.50. The molecule has 8 nitrogen and oxygen atoms in total. The van der Waals surface area contributed by atoms with Gasteiger partial charge in [0.15, 0.2) is 0 Å². The van der Waals surface area contributed by atoms with Crippen molar-refractivity contribution in [2.75, 3.05) is 20.6 Å². The molecule has 0 bridgehead atoms. The second kappa shape index (κ2) is 10.1. The molecule has 1 aromatic carbocycles. The molecular formula is C17H28N4O4S. The average molecular weight is 385 g/mol. The second-order valence-corrected chi connectivity index (χ2v) is 8.25. The van der Waals surface area contributed by atoms with Gasteiger partial charge in [0.1, 0.15) is 0 Å². The van der Waals surface area contributed by atoms with Gasteiger partial charge < -0.3 is 16.0 Å². The molecule has 26 heavy (non-hydrogen) atoms. The van der Waals surface area contributed by atoms with Gasteiger partial charge in [0.2, 0.25) is 15.9 Å². The number of hydrogen-bond donors (Lipinski definition) is 3. The summed E-state index contributed by atoms with van der Waals surface area (Å²) in [7, 11) is -0.679. The first-order valence-corrected chi connectivity index (χ1v) is 9.94. The summed E-state index contributed by atoms with van der Waals surface area (Å²) in [5, 5.41) is 8.01. The van der Waals surface area contributed by atoms with Gasteiger partial charge >= 0.3 is 6.03 Å². The van der Waals surface area contributed by atoms with Gasteiger partial charge in [0.25, 0.3) is 0 Å². The van der Waals surface area contributed by atoms with Crippen LogP contribution < -0.4 is 16.0 Å². The Kier molecular flexibility index (Phi) is 8.53. The highest BCUT2D eigenvalue weighted by Crippen LogP contribution is 2.18. The summed E-state index contributed by atoms with van der Waals surface area (Å²) >= 11 is 0. The van der Waals surface area contributed by atoms with Gasteiger partial charge in [-0.3, -0.25) is 4.79 Å². The molecule has 0 saturated heterocycles. The number of sulfonamides is 1. The highest BCUT2D eigenvalue weighted by molar-refractivity contribution is 7.89. The zero-order chi connectivity index (χ0) is 19.7. The van der Waals surface area contributed by atoms with Crippen LogP contribution in [0.4, 0.5) is 4.79 Å². The molecule has 0 radical (unpaired) electrons. The molecule has 0 aliphatic rings. The van der Waals surface area contributed by atoms with Gasteiger partial charge in [0.05, 0.1) is 4.90 Å². The fourth-order valence-corrected chi connectivity index (χ4v) is 3.19. The molecule has 1 unspecified atom stereocenters. The summed E-state index contributed by atoms with van der Waals surface area (Å²) in [6.45, 7) is 4.15. The van der Waals surface area contributed by atoms with Crippen molar-refractivity contribution >= 4 is 22.0 Å². The SMILES string of the molecule is CCC(C)NC(=O)CCNC(=O)NCc1ccccc1S(=O)(=O)N(C)C. The number of carbonyl (C=O) groups excluding carboxylic acids is 2. The van der Waals surface area contributed by atoms with Gasteiger partial charge in [-0.15, -0.1) is 0 Å². The fourth-order valence-electron chi connectivity index (χ4n) is 2.07. The van der Waals surface area contributed by atoms with Gasteiger partial charge in [-0.2, -0.15) is 0 Å². The van der Waals surface area contributed by atoms with Crippen molar-refractivity contribution in [3.63, 3.8) is 0 Å². The molecule has 1 atom stereocenters. The topological polar surface area (TPSA) is 108 Å². The van der Waals surface area contributed by atoms with Crippen molar-refractivity contribution in [3.05, 3.63) is 29.8 Å². The van der Waals surface area contributed by atoms with E-state index in [1.165, 1.54) is 20.2 Å². The highest BCUT2D eigenvalue weighted by atomic mass is 32.2. The minimum absolute atomic E-state index is 0.0636. The van der Waals surface area contributed by atoms with E-state index in [4.69, 9.17) is 0 Å². The van der Waals surface area contributed by atoms with Crippen molar-refractivity contribution < 1.29 is 18.0 Å². The zero-order valence-corrected chi connectivity index (χ0v) is 16.5.